The van der Waals surface area contributed by atoms with Crippen molar-refractivity contribution in [3.05, 3.63) is 59.7 Å². The van der Waals surface area contributed by atoms with Gasteiger partial charge in [0.1, 0.15) is 24.7 Å². The summed E-state index contributed by atoms with van der Waals surface area (Å²) in [6.45, 7) is 4.72. The van der Waals surface area contributed by atoms with E-state index in [0.717, 1.165) is 12.8 Å². The Bertz CT molecular complexity index is 858. The molecule has 0 saturated carbocycles. The number of hydrogen-bond donors (Lipinski definition) is 1. The lowest BCUT2D eigenvalue weighted by molar-refractivity contribution is 0.115. The van der Waals surface area contributed by atoms with Crippen LogP contribution in [0.4, 0.5) is 0 Å². The molecule has 0 fully saturated rings. The first-order chi connectivity index (χ1) is 20.0. The van der Waals surface area contributed by atoms with Crippen molar-refractivity contribution < 1.29 is 28.0 Å². The van der Waals surface area contributed by atoms with Gasteiger partial charge in [-0.3, -0.25) is 9.05 Å². The first-order valence-corrected chi connectivity index (χ1v) is 17.6. The van der Waals surface area contributed by atoms with Crippen LogP contribution < -0.4 is 9.47 Å². The molecule has 232 valence electrons. The van der Waals surface area contributed by atoms with Crippen LogP contribution in [-0.4, -0.2) is 31.3 Å². The molecule has 0 amide bonds. The Morgan fingerprint density at radius 3 is 1.22 bits per heavy atom. The summed E-state index contributed by atoms with van der Waals surface area (Å²) in [6.07, 6.45) is 20.4. The quantitative estimate of drug-likeness (QED) is 0.0868. The van der Waals surface area contributed by atoms with Crippen molar-refractivity contribution >= 4 is 7.82 Å². The smallest absolute Gasteiger partial charge is 0.472 e. The van der Waals surface area contributed by atoms with Gasteiger partial charge in [-0.05, 0) is 61.1 Å². The van der Waals surface area contributed by atoms with E-state index in [0.29, 0.717) is 11.5 Å². The first kappa shape index (κ1) is 35.3. The molecule has 0 aliphatic rings. The third kappa shape index (κ3) is 18.3. The summed E-state index contributed by atoms with van der Waals surface area (Å²) in [5, 5.41) is 0. The largest absolute Gasteiger partial charge is 0.491 e. The summed E-state index contributed by atoms with van der Waals surface area (Å²) in [4.78, 5) is 9.91. The molecule has 0 spiro atoms. The summed E-state index contributed by atoms with van der Waals surface area (Å²) in [5.41, 5.74) is 2.61. The molecule has 2 rings (SSSR count). The van der Waals surface area contributed by atoms with E-state index >= 15 is 0 Å². The van der Waals surface area contributed by atoms with Crippen LogP contribution in [0.2, 0.25) is 0 Å². The van der Waals surface area contributed by atoms with E-state index in [2.05, 4.69) is 38.1 Å². The zero-order valence-corrected chi connectivity index (χ0v) is 26.6. The van der Waals surface area contributed by atoms with Crippen LogP contribution in [0.5, 0.6) is 11.5 Å². The van der Waals surface area contributed by atoms with Crippen LogP contribution in [0.1, 0.15) is 115 Å². The number of ether oxygens (including phenoxy) is 2. The minimum Gasteiger partial charge on any atom is -0.491 e. The minimum absolute atomic E-state index is 0.0470. The molecule has 0 radical (unpaired) electrons. The normalized spacial score (nSPS) is 11.6. The molecule has 0 aromatic heterocycles. The van der Waals surface area contributed by atoms with Gasteiger partial charge in [-0.25, -0.2) is 4.57 Å². The average molecular weight is 591 g/mol. The van der Waals surface area contributed by atoms with Gasteiger partial charge in [-0.1, -0.05) is 115 Å². The highest BCUT2D eigenvalue weighted by Gasteiger charge is 2.20. The summed E-state index contributed by atoms with van der Waals surface area (Å²) in [6, 6.07) is 16.1. The summed E-state index contributed by atoms with van der Waals surface area (Å²) >= 11 is 0. The zero-order chi connectivity index (χ0) is 29.4. The van der Waals surface area contributed by atoms with E-state index in [4.69, 9.17) is 18.5 Å². The zero-order valence-electron chi connectivity index (χ0n) is 25.7. The second-order valence-electron chi connectivity index (χ2n) is 10.9. The fourth-order valence-electron chi connectivity index (χ4n) is 4.74. The maximum Gasteiger partial charge on any atom is 0.472 e. The fourth-order valence-corrected chi connectivity index (χ4v) is 5.42. The van der Waals surface area contributed by atoms with Crippen molar-refractivity contribution in [3.8, 4) is 11.5 Å². The molecule has 0 aliphatic heterocycles. The van der Waals surface area contributed by atoms with E-state index in [1.54, 1.807) is 0 Å². The first-order valence-electron chi connectivity index (χ1n) is 16.1. The van der Waals surface area contributed by atoms with Gasteiger partial charge in [-0.2, -0.15) is 0 Å². The number of unbranched alkanes of at least 4 members (excludes halogenated alkanes) is 12. The van der Waals surface area contributed by atoms with Crippen LogP contribution in [0.25, 0.3) is 0 Å². The van der Waals surface area contributed by atoms with E-state index in [1.807, 2.05) is 24.3 Å². The van der Waals surface area contributed by atoms with E-state index in [-0.39, 0.29) is 26.4 Å². The Morgan fingerprint density at radius 1 is 0.512 bits per heavy atom. The Balaban J connectivity index is 1.50. The van der Waals surface area contributed by atoms with Gasteiger partial charge in [0, 0.05) is 0 Å². The van der Waals surface area contributed by atoms with E-state index in [9.17, 15) is 9.46 Å². The number of rotatable bonds is 26. The third-order valence-corrected chi connectivity index (χ3v) is 8.22. The van der Waals surface area contributed by atoms with Crippen LogP contribution in [0.3, 0.4) is 0 Å². The van der Waals surface area contributed by atoms with E-state index < -0.39 is 7.82 Å². The maximum atomic E-state index is 12.1. The standard InChI is InChI=1S/C34H55O6P/c1-3-5-7-9-11-13-15-17-31-19-23-33(24-20-31)37-27-29-39-41(35,36)40-30-28-38-34-25-21-32(22-26-34)18-16-14-12-10-8-6-4-2/h19-26H,3-18,27-30H2,1-2H3,(H,35,36). The van der Waals surface area contributed by atoms with Gasteiger partial charge >= 0.3 is 7.82 Å². The maximum absolute atomic E-state index is 12.1. The molecule has 0 atom stereocenters. The Hall–Kier alpha value is -1.85. The SMILES string of the molecule is CCCCCCCCCc1ccc(OCCOP(=O)(O)OCCOc2ccc(CCCCCCCCC)cc2)cc1. The molecule has 0 saturated heterocycles. The molecule has 1 N–H and O–H groups in total. The number of benzene rings is 2. The molecular formula is C34H55O6P. The number of aryl methyl sites for hydroxylation is 2. The predicted octanol–water partition coefficient (Wildman–Crippen LogP) is 9.86. The molecule has 2 aromatic rings. The third-order valence-electron chi connectivity index (χ3n) is 7.20. The minimum atomic E-state index is -4.16. The average Bonchev–Trinajstić information content (AvgIpc) is 2.98. The Kier molecular flexibility index (Phi) is 19.6. The van der Waals surface area contributed by atoms with Crippen molar-refractivity contribution in [2.75, 3.05) is 26.4 Å². The lowest BCUT2D eigenvalue weighted by atomic mass is 10.0. The van der Waals surface area contributed by atoms with Crippen LogP contribution in [0, 0.1) is 0 Å². The number of hydrogen-bond acceptors (Lipinski definition) is 5. The summed E-state index contributed by atoms with van der Waals surface area (Å²) in [5.74, 6) is 1.43. The second kappa shape index (κ2) is 22.7. The summed E-state index contributed by atoms with van der Waals surface area (Å²) < 4.78 is 33.5. The number of phosphoric acid groups is 1. The molecule has 41 heavy (non-hydrogen) atoms. The molecule has 0 unspecified atom stereocenters. The van der Waals surface area contributed by atoms with Crippen molar-refractivity contribution in [3.63, 3.8) is 0 Å². The molecule has 0 aliphatic carbocycles. The van der Waals surface area contributed by atoms with Crippen molar-refractivity contribution in [1.82, 2.24) is 0 Å². The molecule has 0 bridgehead atoms. The van der Waals surface area contributed by atoms with Gasteiger partial charge in [0.05, 0.1) is 13.2 Å². The van der Waals surface area contributed by atoms with Crippen molar-refractivity contribution in [1.29, 1.82) is 0 Å². The molecule has 0 heterocycles. The molecule has 7 heteroatoms. The second-order valence-corrected chi connectivity index (χ2v) is 12.3. The van der Waals surface area contributed by atoms with Crippen molar-refractivity contribution in [2.45, 2.75) is 117 Å². The number of phosphoric ester groups is 1. The van der Waals surface area contributed by atoms with Crippen molar-refractivity contribution in [2.24, 2.45) is 0 Å². The Morgan fingerprint density at radius 2 is 0.854 bits per heavy atom. The molecule has 6 nitrogen and oxygen atoms in total. The monoisotopic (exact) mass is 590 g/mol. The lowest BCUT2D eigenvalue weighted by Crippen LogP contribution is -2.09. The molecular weight excluding hydrogens is 535 g/mol. The van der Waals surface area contributed by atoms with Gasteiger partial charge < -0.3 is 14.4 Å². The van der Waals surface area contributed by atoms with Gasteiger partial charge in [0.25, 0.3) is 0 Å². The highest BCUT2D eigenvalue weighted by atomic mass is 31.2. The van der Waals surface area contributed by atoms with Gasteiger partial charge in [0.15, 0.2) is 0 Å². The van der Waals surface area contributed by atoms with Gasteiger partial charge in [0.2, 0.25) is 0 Å². The predicted molar refractivity (Wildman–Crippen MR) is 169 cm³/mol. The Labute approximate surface area is 249 Å². The summed E-state index contributed by atoms with van der Waals surface area (Å²) in [7, 11) is -4.16. The topological polar surface area (TPSA) is 74.2 Å². The highest BCUT2D eigenvalue weighted by Crippen LogP contribution is 2.42. The van der Waals surface area contributed by atoms with Crippen LogP contribution >= 0.6 is 7.82 Å². The fraction of sp³-hybridized carbons (Fsp3) is 0.647. The van der Waals surface area contributed by atoms with Crippen LogP contribution in [0.15, 0.2) is 48.5 Å². The van der Waals surface area contributed by atoms with E-state index in [1.165, 1.54) is 101 Å². The molecule has 2 aromatic carbocycles. The lowest BCUT2D eigenvalue weighted by Gasteiger charge is -2.13. The van der Waals surface area contributed by atoms with Crippen LogP contribution in [-0.2, 0) is 26.5 Å². The highest BCUT2D eigenvalue weighted by molar-refractivity contribution is 7.47. The van der Waals surface area contributed by atoms with Gasteiger partial charge in [-0.15, -0.1) is 0 Å².